The first-order valence-corrected chi connectivity index (χ1v) is 16.3. The molecule has 41 heavy (non-hydrogen) atoms. The summed E-state index contributed by atoms with van der Waals surface area (Å²) in [5.41, 5.74) is 5.45. The first-order valence-electron chi connectivity index (χ1n) is 16.3. The second-order valence-electron chi connectivity index (χ2n) is 15.3. The van der Waals surface area contributed by atoms with E-state index in [1.165, 1.54) is 63.5 Å². The summed E-state index contributed by atoms with van der Waals surface area (Å²) < 4.78 is 0. The summed E-state index contributed by atoms with van der Waals surface area (Å²) in [6.07, 6.45) is 17.7. The minimum atomic E-state index is -0.141. The van der Waals surface area contributed by atoms with E-state index in [2.05, 4.69) is 52.0 Å². The third kappa shape index (κ3) is 4.25. The number of imidazole rings is 1. The number of aromatic nitrogens is 2. The maximum atomic E-state index is 13.6. The Kier molecular flexibility index (Phi) is 5.36. The van der Waals surface area contributed by atoms with Gasteiger partial charge in [0.25, 0.3) is 0 Å². The number of aromatic amines is 1. The molecule has 8 aliphatic rings. The highest BCUT2D eigenvalue weighted by molar-refractivity contribution is 5.96. The molecule has 1 heterocycles. The van der Waals surface area contributed by atoms with Gasteiger partial charge in [0.15, 0.2) is 0 Å². The van der Waals surface area contributed by atoms with Gasteiger partial charge in [-0.15, -0.1) is 0 Å². The summed E-state index contributed by atoms with van der Waals surface area (Å²) in [4.78, 5) is 22.0. The summed E-state index contributed by atoms with van der Waals surface area (Å²) in [5.74, 6) is 6.17. The van der Waals surface area contributed by atoms with E-state index >= 15 is 0 Å². The lowest BCUT2D eigenvalue weighted by Gasteiger charge is -2.57. The van der Waals surface area contributed by atoms with E-state index in [1.807, 2.05) is 18.3 Å². The number of amides is 1. The normalized spacial score (nSPS) is 37.9. The summed E-state index contributed by atoms with van der Waals surface area (Å²) in [7, 11) is 0. The van der Waals surface area contributed by atoms with E-state index in [4.69, 9.17) is 4.98 Å². The molecule has 1 aromatic heterocycles. The van der Waals surface area contributed by atoms with Gasteiger partial charge < -0.3 is 15.6 Å². The molecule has 11 rings (SSSR count). The number of benzene rings is 2. The zero-order chi connectivity index (χ0) is 27.2. The second kappa shape index (κ2) is 8.96. The molecule has 212 valence electrons. The van der Waals surface area contributed by atoms with E-state index < -0.39 is 0 Å². The van der Waals surface area contributed by atoms with Crippen molar-refractivity contribution in [3.05, 3.63) is 54.7 Å². The van der Waals surface area contributed by atoms with Crippen LogP contribution >= 0.6 is 0 Å². The van der Waals surface area contributed by atoms with Crippen LogP contribution in [0, 0.1) is 40.9 Å². The molecule has 8 bridgehead atoms. The van der Waals surface area contributed by atoms with E-state index in [0.29, 0.717) is 5.54 Å². The van der Waals surface area contributed by atoms with Crippen molar-refractivity contribution in [3.63, 3.8) is 0 Å². The summed E-state index contributed by atoms with van der Waals surface area (Å²) >= 11 is 0. The third-order valence-electron chi connectivity index (χ3n) is 12.1. The monoisotopic (exact) mass is 546 g/mol. The van der Waals surface area contributed by atoms with Crippen LogP contribution in [0.5, 0.6) is 0 Å². The highest BCUT2D eigenvalue weighted by atomic mass is 16.2. The quantitative estimate of drug-likeness (QED) is 0.291. The van der Waals surface area contributed by atoms with Gasteiger partial charge in [-0.1, -0.05) is 24.3 Å². The van der Waals surface area contributed by atoms with Crippen molar-refractivity contribution in [2.45, 2.75) is 82.6 Å². The van der Waals surface area contributed by atoms with Gasteiger partial charge in [0.1, 0.15) is 5.82 Å². The smallest absolute Gasteiger partial charge is 0.230 e. The van der Waals surface area contributed by atoms with Crippen molar-refractivity contribution in [1.82, 2.24) is 9.97 Å². The van der Waals surface area contributed by atoms with Crippen molar-refractivity contribution < 1.29 is 4.79 Å². The predicted molar refractivity (Wildman–Crippen MR) is 163 cm³/mol. The molecule has 5 heteroatoms. The van der Waals surface area contributed by atoms with Crippen LogP contribution in [0.4, 0.5) is 11.4 Å². The Hall–Kier alpha value is -3.08. The fourth-order valence-corrected chi connectivity index (χ4v) is 11.3. The van der Waals surface area contributed by atoms with Crippen LogP contribution < -0.4 is 10.6 Å². The van der Waals surface area contributed by atoms with Crippen LogP contribution in [0.25, 0.3) is 22.6 Å². The number of anilines is 2. The Balaban J connectivity index is 0.920. The van der Waals surface area contributed by atoms with Gasteiger partial charge in [-0.2, -0.15) is 0 Å². The fourth-order valence-electron chi connectivity index (χ4n) is 11.3. The average Bonchev–Trinajstić information content (AvgIpc) is 3.42. The van der Waals surface area contributed by atoms with Crippen molar-refractivity contribution >= 4 is 17.3 Å². The Bertz CT molecular complexity index is 1430. The van der Waals surface area contributed by atoms with E-state index in [9.17, 15) is 4.79 Å². The average molecular weight is 547 g/mol. The van der Waals surface area contributed by atoms with E-state index in [0.717, 1.165) is 83.1 Å². The second-order valence-corrected chi connectivity index (χ2v) is 15.3. The summed E-state index contributed by atoms with van der Waals surface area (Å²) in [6.45, 7) is 0. The van der Waals surface area contributed by atoms with Crippen LogP contribution in [0.2, 0.25) is 0 Å². The van der Waals surface area contributed by atoms with Gasteiger partial charge in [0.2, 0.25) is 5.91 Å². The standard InChI is InChI=1S/C36H42N4O/c41-34(35-15-22-7-23(16-35)9-24(8-22)17-35)38-30-5-2-4-29(14-30)33-37-21-32(39-33)28-3-1-6-31(13-28)40-36-18-25-10-26(19-36)12-27(11-25)20-36/h1-6,13-14,21-27,40H,7-12,15-20H2,(H,37,39)(H,38,41). The first kappa shape index (κ1) is 24.5. The first-order chi connectivity index (χ1) is 20.0. The van der Waals surface area contributed by atoms with Crippen molar-refractivity contribution in [2.75, 3.05) is 10.6 Å². The molecule has 1 amide bonds. The molecule has 8 fully saturated rings. The predicted octanol–water partition coefficient (Wildman–Crippen LogP) is 8.28. The molecule has 0 atom stereocenters. The van der Waals surface area contributed by atoms with Crippen molar-refractivity contribution in [1.29, 1.82) is 0 Å². The molecule has 3 N–H and O–H groups in total. The fraction of sp³-hybridized carbons (Fsp3) is 0.556. The lowest BCUT2D eigenvalue weighted by Crippen LogP contribution is -2.54. The maximum Gasteiger partial charge on any atom is 0.230 e. The molecular weight excluding hydrogens is 504 g/mol. The van der Waals surface area contributed by atoms with E-state index in [1.54, 1.807) is 0 Å². The van der Waals surface area contributed by atoms with Crippen molar-refractivity contribution in [3.8, 4) is 22.6 Å². The zero-order valence-corrected chi connectivity index (χ0v) is 24.0. The molecule has 8 saturated carbocycles. The lowest BCUT2D eigenvalue weighted by atomic mass is 9.49. The molecule has 0 spiro atoms. The summed E-state index contributed by atoms with van der Waals surface area (Å²) in [6, 6.07) is 17.1. The van der Waals surface area contributed by atoms with Crippen LogP contribution in [0.1, 0.15) is 77.0 Å². The molecule has 0 unspecified atom stereocenters. The minimum absolute atomic E-state index is 0.141. The van der Waals surface area contributed by atoms with Crippen LogP contribution in [-0.2, 0) is 4.79 Å². The number of carbonyl (C=O) groups is 1. The van der Waals surface area contributed by atoms with Gasteiger partial charge in [-0.05, 0) is 137 Å². The van der Waals surface area contributed by atoms with Gasteiger partial charge in [0, 0.05) is 28.0 Å². The topological polar surface area (TPSA) is 69.8 Å². The molecule has 3 aromatic rings. The Morgan fingerprint density at radius 3 is 1.88 bits per heavy atom. The van der Waals surface area contributed by atoms with Crippen molar-refractivity contribution in [2.24, 2.45) is 40.9 Å². The number of nitrogens with zero attached hydrogens (tertiary/aromatic N) is 1. The molecule has 0 saturated heterocycles. The molecule has 8 aliphatic carbocycles. The van der Waals surface area contributed by atoms with E-state index in [-0.39, 0.29) is 11.3 Å². The van der Waals surface area contributed by atoms with Crippen LogP contribution in [0.15, 0.2) is 54.7 Å². The van der Waals surface area contributed by atoms with Crippen LogP contribution in [0.3, 0.4) is 0 Å². The Morgan fingerprint density at radius 1 is 0.707 bits per heavy atom. The summed E-state index contributed by atoms with van der Waals surface area (Å²) in [5, 5.41) is 7.36. The minimum Gasteiger partial charge on any atom is -0.380 e. The Labute approximate surface area is 243 Å². The highest BCUT2D eigenvalue weighted by Gasteiger charge is 2.54. The highest BCUT2D eigenvalue weighted by Crippen LogP contribution is 2.60. The number of carbonyl (C=O) groups excluding carboxylic acids is 1. The zero-order valence-electron chi connectivity index (χ0n) is 24.0. The van der Waals surface area contributed by atoms with Crippen LogP contribution in [-0.4, -0.2) is 21.4 Å². The van der Waals surface area contributed by atoms with Gasteiger partial charge in [-0.25, -0.2) is 4.98 Å². The number of nitrogens with one attached hydrogen (secondary N) is 3. The molecule has 5 nitrogen and oxygen atoms in total. The molecule has 0 aliphatic heterocycles. The number of H-pyrrole nitrogens is 1. The number of rotatable bonds is 6. The third-order valence-corrected chi connectivity index (χ3v) is 12.1. The Morgan fingerprint density at radius 2 is 1.24 bits per heavy atom. The van der Waals surface area contributed by atoms with Gasteiger partial charge in [-0.3, -0.25) is 4.79 Å². The SMILES string of the molecule is O=C(Nc1cccc(-c2ncc(-c3cccc(NC45CC6CC(CC(C6)C4)C5)c3)[nH]2)c1)C12CC3CC(CC(C3)C1)C2. The number of hydrogen-bond acceptors (Lipinski definition) is 3. The largest absolute Gasteiger partial charge is 0.380 e. The van der Waals surface area contributed by atoms with Gasteiger partial charge in [0.05, 0.1) is 17.3 Å². The molecular formula is C36H42N4O. The molecule has 0 radical (unpaired) electrons. The molecule has 2 aromatic carbocycles. The maximum absolute atomic E-state index is 13.6. The van der Waals surface area contributed by atoms with Gasteiger partial charge >= 0.3 is 0 Å². The lowest BCUT2D eigenvalue weighted by molar-refractivity contribution is -0.140. The number of hydrogen-bond donors (Lipinski definition) is 3.